The van der Waals surface area contributed by atoms with Crippen molar-refractivity contribution >= 4 is 29.5 Å². The molecule has 3 saturated heterocycles. The minimum atomic E-state index is -0.832. The number of hydrogen-bond acceptors (Lipinski definition) is 6. The fraction of sp³-hybridized carbons (Fsp3) is 0.472. The van der Waals surface area contributed by atoms with Crippen LogP contribution in [0.2, 0.25) is 0 Å². The van der Waals surface area contributed by atoms with E-state index < -0.39 is 33.4 Å². The van der Waals surface area contributed by atoms with Crippen LogP contribution in [0.4, 0.5) is 0 Å². The molecule has 2 bridgehead atoms. The van der Waals surface area contributed by atoms with Crippen LogP contribution in [0.5, 0.6) is 0 Å². The van der Waals surface area contributed by atoms with Gasteiger partial charge < -0.3 is 19.6 Å². The normalized spacial score (nSPS) is 27.5. The molecule has 1 spiro atoms. The molecule has 7 nitrogen and oxygen atoms in total. The molecule has 0 aromatic heterocycles. The summed E-state index contributed by atoms with van der Waals surface area (Å²) in [6.45, 7) is 10.4. The van der Waals surface area contributed by atoms with Gasteiger partial charge >= 0.3 is 5.97 Å². The van der Waals surface area contributed by atoms with Crippen molar-refractivity contribution in [3.05, 3.63) is 97.1 Å². The summed E-state index contributed by atoms with van der Waals surface area (Å²) in [6, 6.07) is 18.0. The Bertz CT molecular complexity index is 1350. The number of carbonyl (C=O) groups is 3. The van der Waals surface area contributed by atoms with Gasteiger partial charge in [-0.05, 0) is 56.6 Å². The number of carbonyl (C=O) groups excluding carboxylic acids is 3. The van der Waals surface area contributed by atoms with E-state index in [1.807, 2.05) is 73.7 Å². The van der Waals surface area contributed by atoms with Gasteiger partial charge in [-0.15, -0.1) is 24.9 Å². The third-order valence-electron chi connectivity index (χ3n) is 9.54. The molecule has 0 saturated carbocycles. The third kappa shape index (κ3) is 5.98. The van der Waals surface area contributed by atoms with Crippen molar-refractivity contribution in [3.63, 3.8) is 0 Å². The number of aliphatic hydroxyl groups excluding tert-OH is 1. The van der Waals surface area contributed by atoms with Crippen molar-refractivity contribution in [1.82, 2.24) is 9.80 Å². The van der Waals surface area contributed by atoms with E-state index in [9.17, 15) is 19.5 Å². The fourth-order valence-electron chi connectivity index (χ4n) is 7.55. The van der Waals surface area contributed by atoms with Gasteiger partial charge in [0, 0.05) is 17.8 Å². The first-order valence-electron chi connectivity index (χ1n) is 15.7. The zero-order valence-electron chi connectivity index (χ0n) is 25.6. The maximum absolute atomic E-state index is 14.8. The van der Waals surface area contributed by atoms with E-state index in [-0.39, 0.29) is 24.4 Å². The van der Waals surface area contributed by atoms with Crippen LogP contribution >= 0.6 is 11.8 Å². The monoisotopic (exact) mass is 616 g/mol. The number of aliphatic hydroxyl groups is 1. The number of unbranched alkanes of at least 4 members (excludes halogenated alkanes) is 2. The molecular weight excluding hydrogens is 572 g/mol. The fourth-order valence-corrected chi connectivity index (χ4v) is 9.87. The molecule has 0 radical (unpaired) electrons. The van der Waals surface area contributed by atoms with Gasteiger partial charge in [0.05, 0.1) is 35.8 Å². The summed E-state index contributed by atoms with van der Waals surface area (Å²) in [5.74, 6) is -2.13. The number of ether oxygens (including phenoxy) is 1. The van der Waals surface area contributed by atoms with E-state index in [2.05, 4.69) is 13.2 Å². The molecular formula is C36H44N2O5S. The quantitative estimate of drug-likeness (QED) is 0.169. The van der Waals surface area contributed by atoms with Gasteiger partial charge in [0.15, 0.2) is 0 Å². The number of rotatable bonds is 15. The summed E-state index contributed by atoms with van der Waals surface area (Å²) < 4.78 is 4.50. The number of esters is 1. The summed E-state index contributed by atoms with van der Waals surface area (Å²) in [5.41, 5.74) is 1.94. The van der Waals surface area contributed by atoms with Gasteiger partial charge in [-0.3, -0.25) is 14.4 Å². The summed E-state index contributed by atoms with van der Waals surface area (Å²) in [4.78, 5) is 46.7. The standard InChI is InChI=1S/C36H44N2O5S/c1-4-6-7-14-22-43-34(42)30-29-32(40)38(28(25-39)23-26-15-10-8-11-16-26)31(36(29)20-19-35(30,3)44-36)33(41)37(21-5-2)24-27-17-12-9-13-18-27/h4-5,8-13,15-18,28-31,39H,1-2,6-7,14,19-25H2,3H3/t28-,29+,30+,31?,35-,36?/m1/s1. The van der Waals surface area contributed by atoms with Crippen LogP contribution in [0.3, 0.4) is 0 Å². The minimum Gasteiger partial charge on any atom is -0.465 e. The number of hydrogen-bond donors (Lipinski definition) is 1. The lowest BCUT2D eigenvalue weighted by molar-refractivity contribution is -0.156. The van der Waals surface area contributed by atoms with Crippen molar-refractivity contribution in [1.29, 1.82) is 0 Å². The third-order valence-corrected chi connectivity index (χ3v) is 11.5. The van der Waals surface area contributed by atoms with E-state index in [1.54, 1.807) is 27.6 Å². The Morgan fingerprint density at radius 1 is 1.07 bits per heavy atom. The molecule has 6 atom stereocenters. The van der Waals surface area contributed by atoms with E-state index in [0.717, 1.165) is 30.4 Å². The molecule has 5 rings (SSSR count). The molecule has 2 aromatic rings. The number of allylic oxidation sites excluding steroid dienone is 1. The van der Waals surface area contributed by atoms with Gasteiger partial charge in [0.2, 0.25) is 11.8 Å². The highest BCUT2D eigenvalue weighted by atomic mass is 32.2. The lowest BCUT2D eigenvalue weighted by atomic mass is 9.66. The number of likely N-dealkylation sites (tertiary alicyclic amines) is 1. The zero-order valence-corrected chi connectivity index (χ0v) is 26.4. The first-order valence-corrected chi connectivity index (χ1v) is 16.5. The SMILES string of the molecule is C=CCCCCOC(=O)[C@@H]1[C@H]2C(=O)N([C@@H](CO)Cc3ccccc3)C(C(=O)N(CC=C)Cc3ccccc3)C23CC[C@@]1(C)S3. The Balaban J connectivity index is 1.52. The van der Waals surface area contributed by atoms with E-state index in [4.69, 9.17) is 4.74 Å². The Kier molecular flexibility index (Phi) is 10.0. The topological polar surface area (TPSA) is 87.1 Å². The van der Waals surface area contributed by atoms with Gasteiger partial charge in [-0.2, -0.15) is 0 Å². The number of thioether (sulfide) groups is 1. The highest BCUT2D eigenvalue weighted by Gasteiger charge is 2.78. The molecule has 8 heteroatoms. The average molecular weight is 617 g/mol. The molecule has 44 heavy (non-hydrogen) atoms. The van der Waals surface area contributed by atoms with Crippen molar-refractivity contribution < 1.29 is 24.2 Å². The first-order chi connectivity index (χ1) is 21.3. The Labute approximate surface area is 265 Å². The first kappa shape index (κ1) is 32.0. The van der Waals surface area contributed by atoms with E-state index in [0.29, 0.717) is 39.0 Å². The highest BCUT2D eigenvalue weighted by molar-refractivity contribution is 8.02. The second kappa shape index (κ2) is 13.7. The van der Waals surface area contributed by atoms with E-state index in [1.165, 1.54) is 0 Å². The minimum absolute atomic E-state index is 0.175. The predicted molar refractivity (Wildman–Crippen MR) is 174 cm³/mol. The van der Waals surface area contributed by atoms with Crippen LogP contribution in [0.15, 0.2) is 86.0 Å². The van der Waals surface area contributed by atoms with E-state index >= 15 is 0 Å². The van der Waals surface area contributed by atoms with Gasteiger partial charge in [-0.25, -0.2) is 0 Å². The van der Waals surface area contributed by atoms with Crippen molar-refractivity contribution in [2.45, 2.75) is 73.6 Å². The smallest absolute Gasteiger partial charge is 0.311 e. The van der Waals surface area contributed by atoms with Crippen molar-refractivity contribution in [2.75, 3.05) is 19.8 Å². The average Bonchev–Trinajstić information content (AvgIpc) is 3.60. The molecule has 1 N–H and O–H groups in total. The molecule has 3 heterocycles. The Morgan fingerprint density at radius 3 is 2.39 bits per heavy atom. The maximum Gasteiger partial charge on any atom is 0.311 e. The number of benzene rings is 2. The summed E-state index contributed by atoms with van der Waals surface area (Å²) >= 11 is 1.62. The molecule has 0 aliphatic carbocycles. The number of fused-ring (bicyclic) bond motifs is 1. The highest BCUT2D eigenvalue weighted by Crippen LogP contribution is 2.71. The van der Waals surface area contributed by atoms with Gasteiger partial charge in [0.25, 0.3) is 0 Å². The Morgan fingerprint density at radius 2 is 1.75 bits per heavy atom. The second-order valence-electron chi connectivity index (χ2n) is 12.4. The molecule has 3 aliphatic rings. The van der Waals surface area contributed by atoms with Crippen LogP contribution in [0, 0.1) is 11.8 Å². The lowest BCUT2D eigenvalue weighted by Gasteiger charge is -2.39. The molecule has 3 fully saturated rings. The molecule has 2 amide bonds. The van der Waals surface area contributed by atoms with Crippen LogP contribution < -0.4 is 0 Å². The van der Waals surface area contributed by atoms with Gasteiger partial charge in [0.1, 0.15) is 6.04 Å². The summed E-state index contributed by atoms with van der Waals surface area (Å²) in [5, 5.41) is 10.7. The summed E-state index contributed by atoms with van der Waals surface area (Å²) in [6.07, 6.45) is 7.75. The van der Waals surface area contributed by atoms with Crippen molar-refractivity contribution in [2.24, 2.45) is 11.8 Å². The number of amides is 2. The number of nitrogens with zero attached hydrogens (tertiary/aromatic N) is 2. The molecule has 234 valence electrons. The zero-order chi connectivity index (χ0) is 31.3. The van der Waals surface area contributed by atoms with Crippen LogP contribution in [-0.4, -0.2) is 74.0 Å². The predicted octanol–water partition coefficient (Wildman–Crippen LogP) is 5.19. The maximum atomic E-state index is 14.8. The lowest BCUT2D eigenvalue weighted by Crippen LogP contribution is -2.57. The van der Waals surface area contributed by atoms with Gasteiger partial charge in [-0.1, -0.05) is 72.8 Å². The summed E-state index contributed by atoms with van der Waals surface area (Å²) in [7, 11) is 0. The van der Waals surface area contributed by atoms with Crippen molar-refractivity contribution in [3.8, 4) is 0 Å². The molecule has 3 aliphatic heterocycles. The molecule has 2 unspecified atom stereocenters. The second-order valence-corrected chi connectivity index (χ2v) is 14.3. The van der Waals surface area contributed by atoms with Crippen LogP contribution in [-0.2, 0) is 32.1 Å². The molecule has 2 aromatic carbocycles. The van der Waals surface area contributed by atoms with Crippen LogP contribution in [0.25, 0.3) is 0 Å². The largest absolute Gasteiger partial charge is 0.465 e. The Hall–Kier alpha value is -3.36. The van der Waals surface area contributed by atoms with Crippen LogP contribution in [0.1, 0.15) is 50.2 Å².